The average molecular weight is 300 g/mol. The molecule has 0 aromatic carbocycles. The van der Waals surface area contributed by atoms with Crippen molar-refractivity contribution in [3.05, 3.63) is 11.8 Å². The lowest BCUT2D eigenvalue weighted by Crippen LogP contribution is -2.30. The first-order valence-electron chi connectivity index (χ1n) is 5.53. The smallest absolute Gasteiger partial charge is 0.465 e. The predicted molar refractivity (Wildman–Crippen MR) is 56.0 cm³/mol. The number of hydrogen-bond donors (Lipinski definition) is 0. The number of allylic oxidation sites excluding steroid dienone is 2. The van der Waals surface area contributed by atoms with Gasteiger partial charge in [-0.25, -0.2) is 0 Å². The third kappa shape index (κ3) is 2.56. The molecule has 0 aromatic heterocycles. The van der Waals surface area contributed by atoms with Gasteiger partial charge in [0.05, 0.1) is 12.0 Å². The van der Waals surface area contributed by atoms with Crippen LogP contribution in [0.5, 0.6) is 0 Å². The molecular formula is C10H11F3O5S. The van der Waals surface area contributed by atoms with Gasteiger partial charge in [-0.2, -0.15) is 21.6 Å². The molecule has 0 saturated carbocycles. The number of alkyl halides is 3. The zero-order valence-corrected chi connectivity index (χ0v) is 10.5. The van der Waals surface area contributed by atoms with E-state index in [1.807, 2.05) is 0 Å². The van der Waals surface area contributed by atoms with Gasteiger partial charge in [-0.05, 0) is 25.3 Å². The first-order valence-corrected chi connectivity index (χ1v) is 6.94. The van der Waals surface area contributed by atoms with Crippen LogP contribution in [0.2, 0.25) is 0 Å². The second-order valence-electron chi connectivity index (χ2n) is 4.52. The van der Waals surface area contributed by atoms with Crippen LogP contribution in [0.1, 0.15) is 25.7 Å². The molecule has 1 unspecified atom stereocenters. The molecule has 9 heteroatoms. The van der Waals surface area contributed by atoms with Gasteiger partial charge in [0.2, 0.25) is 0 Å². The highest BCUT2D eigenvalue weighted by atomic mass is 32.2. The number of esters is 1. The Bertz CT molecular complexity index is 522. The van der Waals surface area contributed by atoms with Gasteiger partial charge in [-0.1, -0.05) is 0 Å². The van der Waals surface area contributed by atoms with Gasteiger partial charge >= 0.3 is 21.6 Å². The van der Waals surface area contributed by atoms with Gasteiger partial charge < -0.3 is 8.92 Å². The summed E-state index contributed by atoms with van der Waals surface area (Å²) in [6.07, 6.45) is 2.03. The highest BCUT2D eigenvalue weighted by molar-refractivity contribution is 7.87. The monoisotopic (exact) mass is 300 g/mol. The Hall–Kier alpha value is -1.25. The molecule has 0 radical (unpaired) electrons. The van der Waals surface area contributed by atoms with Gasteiger partial charge in [0, 0.05) is 6.42 Å². The van der Waals surface area contributed by atoms with E-state index in [9.17, 15) is 26.4 Å². The first kappa shape index (κ1) is 14.2. The number of ether oxygens (including phenoxy) is 1. The van der Waals surface area contributed by atoms with Crippen molar-refractivity contribution in [3.63, 3.8) is 0 Å². The number of carbonyl (C=O) groups is 1. The molecule has 5 nitrogen and oxygen atoms in total. The van der Waals surface area contributed by atoms with E-state index in [1.54, 1.807) is 0 Å². The first-order chi connectivity index (χ1) is 8.66. The molecule has 0 N–H and O–H groups in total. The van der Waals surface area contributed by atoms with Crippen molar-refractivity contribution in [2.24, 2.45) is 5.41 Å². The van der Waals surface area contributed by atoms with Gasteiger partial charge in [0.1, 0.15) is 5.76 Å². The number of carbonyl (C=O) groups excluding carboxylic acids is 1. The van der Waals surface area contributed by atoms with Gasteiger partial charge in [0.25, 0.3) is 0 Å². The number of cyclic esters (lactones) is 1. The van der Waals surface area contributed by atoms with Crippen molar-refractivity contribution in [2.45, 2.75) is 31.2 Å². The van der Waals surface area contributed by atoms with Crippen LogP contribution in [-0.2, 0) is 23.8 Å². The molecule has 0 aromatic rings. The maximum absolute atomic E-state index is 12.1. The van der Waals surface area contributed by atoms with Crippen molar-refractivity contribution in [2.75, 3.05) is 6.61 Å². The Labute approximate surface area is 107 Å². The molecule has 1 aliphatic heterocycles. The van der Waals surface area contributed by atoms with Crippen molar-refractivity contribution in [3.8, 4) is 0 Å². The van der Waals surface area contributed by atoms with E-state index in [0.29, 0.717) is 6.42 Å². The normalized spacial score (nSPS) is 28.2. The fourth-order valence-electron chi connectivity index (χ4n) is 2.15. The second kappa shape index (κ2) is 4.39. The van der Waals surface area contributed by atoms with E-state index < -0.39 is 21.0 Å². The molecule has 19 heavy (non-hydrogen) atoms. The van der Waals surface area contributed by atoms with Crippen molar-refractivity contribution >= 4 is 16.1 Å². The number of halogens is 3. The standard InChI is InChI=1S/C10H11F3O5S/c11-10(12,13)19(15,16)18-7-1-3-9(4-2-7)5-6-17-8(9)14/h1H,2-6H2. The molecular weight excluding hydrogens is 289 g/mol. The molecule has 1 heterocycles. The lowest BCUT2D eigenvalue weighted by Gasteiger charge is -2.27. The second-order valence-corrected chi connectivity index (χ2v) is 6.06. The molecule has 0 bridgehead atoms. The minimum Gasteiger partial charge on any atom is -0.465 e. The fourth-order valence-corrected chi connectivity index (χ4v) is 2.67. The Balaban J connectivity index is 2.09. The van der Waals surface area contributed by atoms with E-state index in [4.69, 9.17) is 4.74 Å². The Morgan fingerprint density at radius 1 is 1.32 bits per heavy atom. The summed E-state index contributed by atoms with van der Waals surface area (Å²) in [4.78, 5) is 11.5. The zero-order valence-electron chi connectivity index (χ0n) is 9.70. The highest BCUT2D eigenvalue weighted by Gasteiger charge is 2.50. The minimum absolute atomic E-state index is 0.0373. The summed E-state index contributed by atoms with van der Waals surface area (Å²) in [5.74, 6) is -0.663. The Morgan fingerprint density at radius 3 is 2.42 bits per heavy atom. The van der Waals surface area contributed by atoms with Crippen LogP contribution >= 0.6 is 0 Å². The summed E-state index contributed by atoms with van der Waals surface area (Å²) in [7, 11) is -5.63. The summed E-state index contributed by atoms with van der Waals surface area (Å²) >= 11 is 0. The molecule has 1 fully saturated rings. The van der Waals surface area contributed by atoms with Crippen molar-refractivity contribution in [1.29, 1.82) is 0 Å². The summed E-state index contributed by atoms with van der Waals surface area (Å²) < 4.78 is 66.9. The lowest BCUT2D eigenvalue weighted by atomic mass is 9.75. The molecule has 1 saturated heterocycles. The van der Waals surface area contributed by atoms with Crippen molar-refractivity contribution in [1.82, 2.24) is 0 Å². The third-order valence-corrected chi connectivity index (χ3v) is 4.32. The van der Waals surface area contributed by atoms with Crippen LogP contribution in [0.3, 0.4) is 0 Å². The zero-order chi connectivity index (χ0) is 14.3. The molecule has 108 valence electrons. The summed E-state index contributed by atoms with van der Waals surface area (Å²) in [5.41, 5.74) is -6.18. The average Bonchev–Trinajstić information content (AvgIpc) is 2.62. The maximum Gasteiger partial charge on any atom is 0.534 e. The molecule has 2 rings (SSSR count). The van der Waals surface area contributed by atoms with Gasteiger partial charge in [-0.3, -0.25) is 4.79 Å². The molecule has 2 aliphatic rings. The summed E-state index contributed by atoms with van der Waals surface area (Å²) in [5, 5.41) is 0. The van der Waals surface area contributed by atoms with E-state index in [1.165, 1.54) is 6.08 Å². The number of hydrogen-bond acceptors (Lipinski definition) is 5. The molecule has 1 spiro atoms. The van der Waals surface area contributed by atoms with Crippen LogP contribution in [0, 0.1) is 5.41 Å². The van der Waals surface area contributed by atoms with Crippen LogP contribution in [0.25, 0.3) is 0 Å². The largest absolute Gasteiger partial charge is 0.534 e. The van der Waals surface area contributed by atoms with E-state index in [0.717, 1.165) is 0 Å². The maximum atomic E-state index is 12.1. The summed E-state index contributed by atoms with van der Waals surface area (Å²) in [6, 6.07) is 0. The molecule has 1 aliphatic carbocycles. The van der Waals surface area contributed by atoms with E-state index in [-0.39, 0.29) is 37.6 Å². The predicted octanol–water partition coefficient (Wildman–Crippen LogP) is 1.85. The number of rotatable bonds is 2. The van der Waals surface area contributed by atoms with Gasteiger partial charge in [0.15, 0.2) is 0 Å². The fraction of sp³-hybridized carbons (Fsp3) is 0.700. The summed E-state index contributed by atoms with van der Waals surface area (Å²) in [6.45, 7) is 0.281. The Kier molecular flexibility index (Phi) is 3.28. The molecule has 0 amide bonds. The van der Waals surface area contributed by atoms with Crippen molar-refractivity contribution < 1.29 is 35.3 Å². The van der Waals surface area contributed by atoms with Crippen LogP contribution in [-0.4, -0.2) is 26.5 Å². The van der Waals surface area contributed by atoms with Gasteiger partial charge in [-0.15, -0.1) is 0 Å². The quantitative estimate of drug-likeness (QED) is 0.442. The highest BCUT2D eigenvalue weighted by Crippen LogP contribution is 2.43. The lowest BCUT2D eigenvalue weighted by molar-refractivity contribution is -0.146. The van der Waals surface area contributed by atoms with E-state index in [2.05, 4.69) is 4.18 Å². The minimum atomic E-state index is -5.63. The van der Waals surface area contributed by atoms with Crippen LogP contribution in [0.4, 0.5) is 13.2 Å². The van der Waals surface area contributed by atoms with E-state index >= 15 is 0 Å². The Morgan fingerprint density at radius 2 is 2.00 bits per heavy atom. The topological polar surface area (TPSA) is 69.7 Å². The van der Waals surface area contributed by atoms with Crippen LogP contribution < -0.4 is 0 Å². The third-order valence-electron chi connectivity index (χ3n) is 3.32. The molecule has 1 atom stereocenters. The SMILES string of the molecule is O=C1OCCC12CC=C(OS(=O)(=O)C(F)(F)F)CC2. The van der Waals surface area contributed by atoms with Crippen LogP contribution in [0.15, 0.2) is 11.8 Å².